The Morgan fingerprint density at radius 3 is 3.00 bits per heavy atom. The smallest absolute Gasteiger partial charge is 0.241 e. The Labute approximate surface area is 119 Å². The van der Waals surface area contributed by atoms with Gasteiger partial charge in [0, 0.05) is 5.02 Å². The third kappa shape index (κ3) is 2.96. The number of carbonyl (C=O) groups excluding carboxylic acids is 1. The zero-order chi connectivity index (χ0) is 13.1. The van der Waals surface area contributed by atoms with Crippen molar-refractivity contribution in [1.82, 2.24) is 5.32 Å². The van der Waals surface area contributed by atoms with Gasteiger partial charge in [0.05, 0.1) is 23.3 Å². The molecular weight excluding hydrogens is 320 g/mol. The lowest BCUT2D eigenvalue weighted by molar-refractivity contribution is -0.117. The number of rotatable bonds is 3. The van der Waals surface area contributed by atoms with Gasteiger partial charge in [0.15, 0.2) is 5.75 Å². The number of hydrogen-bond donors (Lipinski definition) is 2. The van der Waals surface area contributed by atoms with E-state index in [1.54, 1.807) is 19.2 Å². The van der Waals surface area contributed by atoms with Crippen molar-refractivity contribution in [2.75, 3.05) is 19.0 Å². The molecule has 1 fully saturated rings. The van der Waals surface area contributed by atoms with Crippen molar-refractivity contribution in [2.24, 2.45) is 0 Å². The van der Waals surface area contributed by atoms with E-state index < -0.39 is 0 Å². The van der Waals surface area contributed by atoms with Gasteiger partial charge in [0.25, 0.3) is 0 Å². The fourth-order valence-electron chi connectivity index (χ4n) is 1.99. The Kier molecular flexibility index (Phi) is 4.48. The first kappa shape index (κ1) is 13.6. The molecule has 1 amide bonds. The fraction of sp³-hybridized carbons (Fsp3) is 0.417. The summed E-state index contributed by atoms with van der Waals surface area (Å²) in [6.07, 6.45) is 1.88. The average molecular weight is 334 g/mol. The first-order valence-electron chi connectivity index (χ1n) is 5.69. The summed E-state index contributed by atoms with van der Waals surface area (Å²) in [5.74, 6) is 0.519. The molecule has 18 heavy (non-hydrogen) atoms. The van der Waals surface area contributed by atoms with Crippen LogP contribution in [0.15, 0.2) is 16.6 Å². The monoisotopic (exact) mass is 332 g/mol. The molecule has 1 aliphatic rings. The predicted molar refractivity (Wildman–Crippen MR) is 75.4 cm³/mol. The maximum absolute atomic E-state index is 12.0. The van der Waals surface area contributed by atoms with Crippen molar-refractivity contribution < 1.29 is 9.53 Å². The summed E-state index contributed by atoms with van der Waals surface area (Å²) in [4.78, 5) is 12.0. The molecule has 0 saturated carbocycles. The van der Waals surface area contributed by atoms with Crippen LogP contribution in [-0.4, -0.2) is 25.6 Å². The predicted octanol–water partition coefficient (Wildman–Crippen LogP) is 2.80. The van der Waals surface area contributed by atoms with E-state index in [2.05, 4.69) is 26.6 Å². The van der Waals surface area contributed by atoms with Crippen LogP contribution in [0.25, 0.3) is 0 Å². The number of methoxy groups -OCH3 is 1. The molecule has 0 spiro atoms. The molecule has 1 saturated heterocycles. The number of amides is 1. The molecule has 2 N–H and O–H groups in total. The Balaban J connectivity index is 2.19. The molecule has 0 unspecified atom stereocenters. The fourth-order valence-corrected chi connectivity index (χ4v) is 2.96. The van der Waals surface area contributed by atoms with Crippen LogP contribution in [0.4, 0.5) is 5.69 Å². The Bertz CT molecular complexity index is 462. The average Bonchev–Trinajstić information content (AvgIpc) is 2.81. The molecule has 1 heterocycles. The molecule has 1 aromatic rings. The van der Waals surface area contributed by atoms with E-state index in [9.17, 15) is 4.79 Å². The van der Waals surface area contributed by atoms with Crippen molar-refractivity contribution in [3.63, 3.8) is 0 Å². The molecule has 0 radical (unpaired) electrons. The van der Waals surface area contributed by atoms with Crippen LogP contribution in [0.1, 0.15) is 12.8 Å². The molecular formula is C12H14BrClN2O2. The minimum atomic E-state index is -0.132. The third-order valence-electron chi connectivity index (χ3n) is 2.85. The minimum absolute atomic E-state index is 0.0556. The van der Waals surface area contributed by atoms with Gasteiger partial charge in [0.2, 0.25) is 5.91 Å². The number of halogens is 2. The van der Waals surface area contributed by atoms with Gasteiger partial charge in [-0.3, -0.25) is 4.79 Å². The summed E-state index contributed by atoms with van der Waals surface area (Å²) >= 11 is 9.32. The Morgan fingerprint density at radius 2 is 2.39 bits per heavy atom. The summed E-state index contributed by atoms with van der Waals surface area (Å²) in [5.41, 5.74) is 0.579. The van der Waals surface area contributed by atoms with Gasteiger partial charge >= 0.3 is 0 Å². The molecule has 0 aromatic heterocycles. The number of benzene rings is 1. The van der Waals surface area contributed by atoms with Gasteiger partial charge in [-0.05, 0) is 47.4 Å². The zero-order valence-corrected chi connectivity index (χ0v) is 12.3. The summed E-state index contributed by atoms with van der Waals surface area (Å²) in [7, 11) is 1.55. The highest BCUT2D eigenvalue weighted by Gasteiger charge is 2.23. The Morgan fingerprint density at radius 1 is 1.61 bits per heavy atom. The quantitative estimate of drug-likeness (QED) is 0.894. The molecule has 0 aliphatic carbocycles. The van der Waals surface area contributed by atoms with Crippen LogP contribution in [0.5, 0.6) is 5.75 Å². The summed E-state index contributed by atoms with van der Waals surface area (Å²) in [6.45, 7) is 0.883. The molecule has 1 atom stereocenters. The second-order valence-corrected chi connectivity index (χ2v) is 5.40. The summed E-state index contributed by atoms with van der Waals surface area (Å²) in [5, 5.41) is 6.53. The second-order valence-electron chi connectivity index (χ2n) is 4.11. The number of hydrogen-bond acceptors (Lipinski definition) is 3. The SMILES string of the molecule is COc1c(Br)cc(Cl)cc1NC(=O)[C@H]1CCCN1. The number of carbonyl (C=O) groups is 1. The lowest BCUT2D eigenvalue weighted by atomic mass is 10.2. The molecule has 98 valence electrons. The molecule has 4 nitrogen and oxygen atoms in total. The van der Waals surface area contributed by atoms with Crippen molar-refractivity contribution in [2.45, 2.75) is 18.9 Å². The molecule has 1 aliphatic heterocycles. The lowest BCUT2D eigenvalue weighted by Gasteiger charge is -2.15. The molecule has 6 heteroatoms. The van der Waals surface area contributed by atoms with E-state index in [4.69, 9.17) is 16.3 Å². The minimum Gasteiger partial charge on any atom is -0.493 e. The highest BCUT2D eigenvalue weighted by Crippen LogP contribution is 2.36. The van der Waals surface area contributed by atoms with Crippen molar-refractivity contribution in [3.05, 3.63) is 21.6 Å². The highest BCUT2D eigenvalue weighted by molar-refractivity contribution is 9.10. The lowest BCUT2D eigenvalue weighted by Crippen LogP contribution is -2.35. The summed E-state index contributed by atoms with van der Waals surface area (Å²) in [6, 6.07) is 3.27. The van der Waals surface area contributed by atoms with Crippen molar-refractivity contribution in [3.8, 4) is 5.75 Å². The van der Waals surface area contributed by atoms with Gasteiger partial charge < -0.3 is 15.4 Å². The van der Waals surface area contributed by atoms with Gasteiger partial charge in [-0.1, -0.05) is 11.6 Å². The summed E-state index contributed by atoms with van der Waals surface area (Å²) < 4.78 is 5.97. The number of anilines is 1. The van der Waals surface area contributed by atoms with E-state index in [0.717, 1.165) is 19.4 Å². The van der Waals surface area contributed by atoms with Crippen LogP contribution in [0.3, 0.4) is 0 Å². The molecule has 1 aromatic carbocycles. The van der Waals surface area contributed by atoms with Crippen LogP contribution < -0.4 is 15.4 Å². The van der Waals surface area contributed by atoms with Crippen LogP contribution in [-0.2, 0) is 4.79 Å². The van der Waals surface area contributed by atoms with Crippen LogP contribution in [0.2, 0.25) is 5.02 Å². The van der Waals surface area contributed by atoms with E-state index in [1.165, 1.54) is 0 Å². The van der Waals surface area contributed by atoms with E-state index in [1.807, 2.05) is 0 Å². The first-order chi connectivity index (χ1) is 8.61. The zero-order valence-electron chi connectivity index (χ0n) is 9.93. The van der Waals surface area contributed by atoms with E-state index in [-0.39, 0.29) is 11.9 Å². The molecule has 2 rings (SSSR count). The van der Waals surface area contributed by atoms with E-state index in [0.29, 0.717) is 20.9 Å². The second kappa shape index (κ2) is 5.91. The maximum atomic E-state index is 12.0. The Hall–Kier alpha value is -0.780. The maximum Gasteiger partial charge on any atom is 0.241 e. The highest BCUT2D eigenvalue weighted by atomic mass is 79.9. The van der Waals surface area contributed by atoms with Gasteiger partial charge in [-0.15, -0.1) is 0 Å². The van der Waals surface area contributed by atoms with E-state index >= 15 is 0 Å². The standard InChI is InChI=1S/C12H14BrClN2O2/c1-18-11-8(13)5-7(14)6-10(11)16-12(17)9-3-2-4-15-9/h5-6,9,15H,2-4H2,1H3,(H,16,17)/t9-/m1/s1. The third-order valence-corrected chi connectivity index (χ3v) is 3.65. The number of nitrogens with one attached hydrogen (secondary N) is 2. The largest absolute Gasteiger partial charge is 0.493 e. The normalized spacial score (nSPS) is 18.7. The van der Waals surface area contributed by atoms with Gasteiger partial charge in [-0.25, -0.2) is 0 Å². The molecule has 0 bridgehead atoms. The topological polar surface area (TPSA) is 50.4 Å². The van der Waals surface area contributed by atoms with Crippen LogP contribution in [0, 0.1) is 0 Å². The van der Waals surface area contributed by atoms with Gasteiger partial charge in [-0.2, -0.15) is 0 Å². The number of ether oxygens (including phenoxy) is 1. The first-order valence-corrected chi connectivity index (χ1v) is 6.86. The van der Waals surface area contributed by atoms with Crippen molar-refractivity contribution in [1.29, 1.82) is 0 Å². The van der Waals surface area contributed by atoms with Gasteiger partial charge in [0.1, 0.15) is 0 Å². The van der Waals surface area contributed by atoms with Crippen LogP contribution >= 0.6 is 27.5 Å². The van der Waals surface area contributed by atoms with Crippen molar-refractivity contribution >= 4 is 39.1 Å².